The molecule has 104 valence electrons. The first-order valence-electron chi connectivity index (χ1n) is 6.07. The van der Waals surface area contributed by atoms with Crippen molar-refractivity contribution in [1.82, 2.24) is 9.55 Å². The topological polar surface area (TPSA) is 41.6 Å². The molecule has 0 bridgehead atoms. The van der Waals surface area contributed by atoms with E-state index in [0.29, 0.717) is 11.4 Å². The smallest absolute Gasteiger partial charge is 0.129 e. The first-order chi connectivity index (χ1) is 10.1. The van der Waals surface area contributed by atoms with Crippen molar-refractivity contribution in [1.29, 1.82) is 5.26 Å². The van der Waals surface area contributed by atoms with Gasteiger partial charge in [0.25, 0.3) is 0 Å². The molecule has 0 aliphatic heterocycles. The number of imidazole rings is 1. The van der Waals surface area contributed by atoms with Crippen LogP contribution < -0.4 is 0 Å². The molecule has 0 spiro atoms. The van der Waals surface area contributed by atoms with Crippen molar-refractivity contribution in [3.63, 3.8) is 0 Å². The average Bonchev–Trinajstić information content (AvgIpc) is 2.84. The lowest BCUT2D eigenvalue weighted by Crippen LogP contribution is -2.00. The van der Waals surface area contributed by atoms with Gasteiger partial charge in [0.2, 0.25) is 0 Å². The summed E-state index contributed by atoms with van der Waals surface area (Å²) in [4.78, 5) is 4.59. The van der Waals surface area contributed by atoms with Crippen LogP contribution >= 0.6 is 50.1 Å². The van der Waals surface area contributed by atoms with Crippen LogP contribution in [-0.2, 0) is 5.88 Å². The van der Waals surface area contributed by atoms with Gasteiger partial charge in [0.1, 0.15) is 5.82 Å². The van der Waals surface area contributed by atoms with E-state index in [4.69, 9.17) is 16.9 Å². The van der Waals surface area contributed by atoms with Gasteiger partial charge in [-0.2, -0.15) is 5.26 Å². The molecule has 3 aromatic rings. The van der Waals surface area contributed by atoms with Gasteiger partial charge in [-0.15, -0.1) is 11.6 Å². The van der Waals surface area contributed by atoms with Crippen LogP contribution in [-0.4, -0.2) is 9.55 Å². The van der Waals surface area contributed by atoms with Crippen molar-refractivity contribution in [3.05, 3.63) is 55.8 Å². The third kappa shape index (κ3) is 2.68. The van der Waals surface area contributed by atoms with Crippen LogP contribution in [0.4, 0.5) is 0 Å². The highest BCUT2D eigenvalue weighted by Gasteiger charge is 2.14. The largest absolute Gasteiger partial charge is 0.294 e. The molecule has 0 saturated carbocycles. The second kappa shape index (κ2) is 5.95. The Labute approximate surface area is 148 Å². The van der Waals surface area contributed by atoms with Gasteiger partial charge in [-0.05, 0) is 74.9 Å². The minimum absolute atomic E-state index is 0.317. The van der Waals surface area contributed by atoms with Gasteiger partial charge in [0, 0.05) is 8.04 Å². The number of aromatic nitrogens is 2. The minimum Gasteiger partial charge on any atom is -0.294 e. The first kappa shape index (κ1) is 14.8. The summed E-state index contributed by atoms with van der Waals surface area (Å²) in [5.74, 6) is 1.09. The Bertz CT molecular complexity index is 882. The molecule has 2 aromatic carbocycles. The molecular formula is C15H8BrClIN3. The summed E-state index contributed by atoms with van der Waals surface area (Å²) in [6.07, 6.45) is 0. The number of nitriles is 1. The fraction of sp³-hybridized carbons (Fsp3) is 0.0667. The zero-order chi connectivity index (χ0) is 15.0. The van der Waals surface area contributed by atoms with E-state index in [1.807, 2.05) is 28.8 Å². The van der Waals surface area contributed by atoms with E-state index in [-0.39, 0.29) is 0 Å². The molecule has 0 N–H and O–H groups in total. The molecule has 1 heterocycles. The average molecular weight is 473 g/mol. The molecule has 0 aliphatic rings. The van der Waals surface area contributed by atoms with Gasteiger partial charge >= 0.3 is 0 Å². The number of benzene rings is 2. The summed E-state index contributed by atoms with van der Waals surface area (Å²) in [6, 6.07) is 13.7. The molecule has 0 saturated heterocycles. The second-order valence-corrected chi connectivity index (χ2v) is 6.78. The molecule has 0 fully saturated rings. The zero-order valence-corrected chi connectivity index (χ0v) is 15.1. The van der Waals surface area contributed by atoms with E-state index in [2.05, 4.69) is 49.6 Å². The second-order valence-electron chi connectivity index (χ2n) is 4.41. The Morgan fingerprint density at radius 3 is 2.76 bits per heavy atom. The highest BCUT2D eigenvalue weighted by atomic mass is 127. The third-order valence-corrected chi connectivity index (χ3v) is 4.67. The molecule has 1 aromatic heterocycles. The lowest BCUT2D eigenvalue weighted by Gasteiger charge is -2.10. The van der Waals surface area contributed by atoms with Gasteiger partial charge < -0.3 is 0 Å². The van der Waals surface area contributed by atoms with Gasteiger partial charge in [-0.1, -0.05) is 0 Å². The van der Waals surface area contributed by atoms with Crippen LogP contribution in [0.5, 0.6) is 0 Å². The van der Waals surface area contributed by atoms with Crippen molar-refractivity contribution in [2.45, 2.75) is 5.88 Å². The van der Waals surface area contributed by atoms with Crippen LogP contribution in [0.15, 0.2) is 40.9 Å². The molecular weight excluding hydrogens is 464 g/mol. The van der Waals surface area contributed by atoms with Crippen molar-refractivity contribution in [2.75, 3.05) is 0 Å². The summed E-state index contributed by atoms with van der Waals surface area (Å²) in [5, 5.41) is 8.97. The molecule has 21 heavy (non-hydrogen) atoms. The maximum Gasteiger partial charge on any atom is 0.129 e. The van der Waals surface area contributed by atoms with Gasteiger partial charge in [-0.25, -0.2) is 4.98 Å². The number of hydrogen-bond donors (Lipinski definition) is 0. The zero-order valence-electron chi connectivity index (χ0n) is 10.6. The number of halogens is 3. The molecule has 0 radical (unpaired) electrons. The monoisotopic (exact) mass is 471 g/mol. The van der Waals surface area contributed by atoms with E-state index in [9.17, 15) is 0 Å². The fourth-order valence-corrected chi connectivity index (χ4v) is 3.43. The number of nitrogens with zero attached hydrogens (tertiary/aromatic N) is 3. The van der Waals surface area contributed by atoms with Crippen molar-refractivity contribution >= 4 is 61.2 Å². The minimum atomic E-state index is 0.317. The number of hydrogen-bond acceptors (Lipinski definition) is 2. The Morgan fingerprint density at radius 1 is 1.29 bits per heavy atom. The van der Waals surface area contributed by atoms with E-state index in [1.165, 1.54) is 0 Å². The Morgan fingerprint density at radius 2 is 2.10 bits per heavy atom. The predicted octanol–water partition coefficient (Wildman–Crippen LogP) is 5.00. The van der Waals surface area contributed by atoms with Crippen molar-refractivity contribution < 1.29 is 0 Å². The maximum atomic E-state index is 8.97. The van der Waals surface area contributed by atoms with Crippen molar-refractivity contribution in [3.8, 4) is 11.8 Å². The highest BCUT2D eigenvalue weighted by molar-refractivity contribution is 14.1. The van der Waals surface area contributed by atoms with Gasteiger partial charge in [0.15, 0.2) is 0 Å². The summed E-state index contributed by atoms with van der Waals surface area (Å²) in [6.45, 7) is 0. The SMILES string of the molecule is N#Cc1ccc(-n2c(CCl)nc3cc(I)ccc32)c(Br)c1. The Balaban J connectivity index is 2.31. The Kier molecular flexibility index (Phi) is 4.20. The highest BCUT2D eigenvalue weighted by Crippen LogP contribution is 2.29. The van der Waals surface area contributed by atoms with Crippen LogP contribution in [0.3, 0.4) is 0 Å². The van der Waals surface area contributed by atoms with E-state index >= 15 is 0 Å². The molecule has 3 nitrogen and oxygen atoms in total. The molecule has 3 rings (SSSR count). The summed E-state index contributed by atoms with van der Waals surface area (Å²) in [5.41, 5.74) is 3.44. The quantitative estimate of drug-likeness (QED) is 0.389. The molecule has 6 heteroatoms. The first-order valence-corrected chi connectivity index (χ1v) is 8.47. The summed E-state index contributed by atoms with van der Waals surface area (Å²) >= 11 is 11.8. The lowest BCUT2D eigenvalue weighted by atomic mass is 10.2. The van der Waals surface area contributed by atoms with E-state index in [0.717, 1.165) is 30.6 Å². The fourth-order valence-electron chi connectivity index (χ4n) is 2.22. The van der Waals surface area contributed by atoms with Crippen molar-refractivity contribution in [2.24, 2.45) is 0 Å². The van der Waals surface area contributed by atoms with E-state index in [1.54, 1.807) is 12.1 Å². The molecule has 0 atom stereocenters. The van der Waals surface area contributed by atoms with Crippen LogP contribution in [0.25, 0.3) is 16.7 Å². The Hall–Kier alpha value is -1.10. The summed E-state index contributed by atoms with van der Waals surface area (Å²) < 4.78 is 3.99. The number of rotatable bonds is 2. The van der Waals surface area contributed by atoms with Gasteiger partial charge in [-0.3, -0.25) is 4.57 Å². The van der Waals surface area contributed by atoms with Gasteiger partial charge in [0.05, 0.1) is 34.2 Å². The summed E-state index contributed by atoms with van der Waals surface area (Å²) in [7, 11) is 0. The third-order valence-electron chi connectivity index (χ3n) is 3.12. The standard InChI is InChI=1S/C15H8BrClIN3/c16-11-5-9(8-19)1-3-13(11)21-14-4-2-10(18)6-12(14)20-15(21)7-17/h1-6H,7H2. The van der Waals surface area contributed by atoms with Crippen LogP contribution in [0, 0.1) is 14.9 Å². The number of fused-ring (bicyclic) bond motifs is 1. The number of alkyl halides is 1. The molecule has 0 unspecified atom stereocenters. The van der Waals surface area contributed by atoms with E-state index < -0.39 is 0 Å². The molecule has 0 amide bonds. The maximum absolute atomic E-state index is 8.97. The normalized spacial score (nSPS) is 10.8. The van der Waals surface area contributed by atoms with Crippen LogP contribution in [0.2, 0.25) is 0 Å². The lowest BCUT2D eigenvalue weighted by molar-refractivity contribution is 0.977. The molecule has 0 aliphatic carbocycles. The van der Waals surface area contributed by atoms with Crippen LogP contribution in [0.1, 0.15) is 11.4 Å². The predicted molar refractivity (Wildman–Crippen MR) is 95.8 cm³/mol.